The molecular weight excluding hydrogens is 683 g/mol. The average molecular weight is 713 g/mol. The second kappa shape index (κ2) is 15.3. The maximum Gasteiger partial charge on any atom is 0.0920 e. The molecule has 0 spiro atoms. The zero-order valence-corrected chi connectivity index (χ0v) is 29.9. The van der Waals surface area contributed by atoms with E-state index < -0.39 is 20.8 Å². The molecule has 2 radical (unpaired) electrons. The maximum atomic E-state index is 4.93. The van der Waals surface area contributed by atoms with Crippen molar-refractivity contribution in [3.8, 4) is 44.5 Å². The molecule has 216 valence electrons. The minimum atomic E-state index is -0.826. The van der Waals surface area contributed by atoms with Gasteiger partial charge in [0.25, 0.3) is 0 Å². The Labute approximate surface area is 287 Å². The summed E-state index contributed by atoms with van der Waals surface area (Å²) >= 11 is -0.826. The zero-order valence-electron chi connectivity index (χ0n) is 24.9. The van der Waals surface area contributed by atoms with Crippen LogP contribution in [-0.2, 0) is 27.3 Å². The Morgan fingerprint density at radius 3 is 1.89 bits per heavy atom. The number of hydrogen-bond donors (Lipinski definition) is 0. The van der Waals surface area contributed by atoms with Gasteiger partial charge in [-0.25, -0.2) is 0 Å². The summed E-state index contributed by atoms with van der Waals surface area (Å²) in [6.45, 7) is 2.23. The van der Waals surface area contributed by atoms with Crippen molar-refractivity contribution in [1.29, 1.82) is 0 Å². The Morgan fingerprint density at radius 2 is 1.20 bits per heavy atom. The van der Waals surface area contributed by atoms with Gasteiger partial charge in [0.1, 0.15) is 0 Å². The third-order valence-corrected chi connectivity index (χ3v) is 9.43. The van der Waals surface area contributed by atoms with Crippen molar-refractivity contribution in [1.82, 2.24) is 0 Å². The summed E-state index contributed by atoms with van der Waals surface area (Å²) in [4.78, 5) is 0. The predicted molar refractivity (Wildman–Crippen MR) is 193 cm³/mol. The van der Waals surface area contributed by atoms with E-state index in [1.54, 1.807) is 0 Å². The van der Waals surface area contributed by atoms with Gasteiger partial charge in [-0.2, -0.15) is 35.5 Å². The van der Waals surface area contributed by atoms with E-state index in [0.29, 0.717) is 0 Å². The molecule has 0 atom stereocenters. The third kappa shape index (κ3) is 7.06. The third-order valence-electron chi connectivity index (χ3n) is 8.06. The molecule has 0 bridgehead atoms. The van der Waals surface area contributed by atoms with Gasteiger partial charge in [-0.3, -0.25) is 0 Å². The molecule has 45 heavy (non-hydrogen) atoms. The summed E-state index contributed by atoms with van der Waals surface area (Å²) in [6.07, 6.45) is 1.05. The van der Waals surface area contributed by atoms with Crippen LogP contribution in [-0.4, -0.2) is 9.52 Å². The van der Waals surface area contributed by atoms with Gasteiger partial charge < -0.3 is 0 Å². The maximum absolute atomic E-state index is 4.93. The Morgan fingerprint density at radius 1 is 0.622 bits per heavy atom. The summed E-state index contributed by atoms with van der Waals surface area (Å²) < 4.78 is 0. The molecule has 0 nitrogen and oxygen atoms in total. The van der Waals surface area contributed by atoms with Crippen molar-refractivity contribution in [3.05, 3.63) is 163 Å². The Balaban J connectivity index is 0.000000184. The van der Waals surface area contributed by atoms with Gasteiger partial charge in [0.05, 0.1) is 9.52 Å². The van der Waals surface area contributed by atoms with E-state index in [0.717, 1.165) is 15.9 Å². The largest absolute Gasteiger partial charge is 0.184 e. The van der Waals surface area contributed by atoms with Crippen molar-refractivity contribution in [2.24, 2.45) is 0 Å². The number of hydrogen-bond acceptors (Lipinski definition) is 0. The van der Waals surface area contributed by atoms with Crippen LogP contribution in [0.4, 0.5) is 0 Å². The van der Waals surface area contributed by atoms with Crippen LogP contribution >= 0.6 is 17.0 Å². The summed E-state index contributed by atoms with van der Waals surface area (Å²) in [5.74, 6) is 0. The van der Waals surface area contributed by atoms with Crippen molar-refractivity contribution >= 4 is 47.7 Å². The minimum Gasteiger partial charge on any atom is -0.184 e. The first-order valence-corrected chi connectivity index (χ1v) is 22.3. The molecular formula is C41H30Cl2SiZr. The molecule has 0 amide bonds. The smallest absolute Gasteiger partial charge is 0.0920 e. The first-order chi connectivity index (χ1) is 22.2. The molecule has 0 aliphatic carbocycles. The van der Waals surface area contributed by atoms with Crippen LogP contribution in [0, 0.1) is 6.07 Å². The van der Waals surface area contributed by atoms with Crippen LogP contribution < -0.4 is 10.4 Å². The van der Waals surface area contributed by atoms with Crippen LogP contribution in [0.15, 0.2) is 152 Å². The normalized spacial score (nSPS) is 10.9. The van der Waals surface area contributed by atoms with Gasteiger partial charge in [0, 0.05) is 0 Å². The van der Waals surface area contributed by atoms with Crippen molar-refractivity contribution in [2.75, 3.05) is 0 Å². The SMILES string of the molecule is CCc1cc2c(-c3ccccc3-c3ccccc3)c(-c3ccccc3)ccc2[cH-]1.[Cl][Zr+2][Cl].[c-]1cccc2c1[Si]c1ccccc1-2. The van der Waals surface area contributed by atoms with E-state index in [1.165, 1.54) is 71.2 Å². The van der Waals surface area contributed by atoms with E-state index in [-0.39, 0.29) is 0 Å². The molecule has 0 fully saturated rings. The number of rotatable bonds is 4. The molecule has 0 N–H and O–H groups in total. The molecule has 0 aromatic heterocycles. The molecule has 8 rings (SSSR count). The van der Waals surface area contributed by atoms with Gasteiger partial charge in [0.15, 0.2) is 0 Å². The van der Waals surface area contributed by atoms with Gasteiger partial charge in [-0.05, 0) is 34.2 Å². The molecule has 0 unspecified atom stereocenters. The fourth-order valence-electron chi connectivity index (χ4n) is 5.99. The topological polar surface area (TPSA) is 0 Å². The van der Waals surface area contributed by atoms with Crippen LogP contribution in [0.1, 0.15) is 12.5 Å². The molecule has 1 heterocycles. The predicted octanol–water partition coefficient (Wildman–Crippen LogP) is 10.6. The fraction of sp³-hybridized carbons (Fsp3) is 0.0488. The molecule has 4 heteroatoms. The van der Waals surface area contributed by atoms with E-state index in [2.05, 4.69) is 159 Å². The number of aryl methyl sites for hydroxylation is 1. The molecule has 1 aliphatic rings. The second-order valence-electron chi connectivity index (χ2n) is 10.7. The summed E-state index contributed by atoms with van der Waals surface area (Å²) in [5.41, 5.74) is 11.8. The van der Waals surface area contributed by atoms with Crippen LogP contribution in [0.25, 0.3) is 55.3 Å². The van der Waals surface area contributed by atoms with Crippen LogP contribution in [0.2, 0.25) is 0 Å². The van der Waals surface area contributed by atoms with E-state index in [9.17, 15) is 0 Å². The quantitative estimate of drug-likeness (QED) is 0.126. The number of fused-ring (bicyclic) bond motifs is 4. The van der Waals surface area contributed by atoms with Gasteiger partial charge >= 0.3 is 37.9 Å². The zero-order chi connectivity index (χ0) is 31.0. The van der Waals surface area contributed by atoms with Crippen molar-refractivity contribution in [2.45, 2.75) is 13.3 Å². The second-order valence-corrected chi connectivity index (χ2v) is 15.7. The number of halogens is 2. The summed E-state index contributed by atoms with van der Waals surface area (Å²) in [6, 6.07) is 57.7. The Kier molecular flexibility index (Phi) is 10.7. The van der Waals surface area contributed by atoms with Gasteiger partial charge in [-0.1, -0.05) is 138 Å². The fourth-order valence-corrected chi connectivity index (χ4v) is 7.30. The standard InChI is InChI=1S/C29H23.C12H7Si.2ClH.Zr/c1-2-21-19-24-17-18-26(23-13-7-4-8-14-23)29(28(24)20-21)27-16-10-9-15-25(27)22-11-5-3-6-12-22;1-3-7-11-9(5-1)10-6-2-4-8-12(10)13-11;;;/h3-20H,2H2,1H3;1-7H;2*1H;/q2*-1;;;+4/p-2. The van der Waals surface area contributed by atoms with Crippen molar-refractivity contribution < 1.29 is 20.8 Å². The van der Waals surface area contributed by atoms with Gasteiger partial charge in [0.2, 0.25) is 0 Å². The monoisotopic (exact) mass is 710 g/mol. The molecule has 0 saturated heterocycles. The van der Waals surface area contributed by atoms with E-state index in [4.69, 9.17) is 17.0 Å². The first-order valence-electron chi connectivity index (χ1n) is 15.0. The average Bonchev–Trinajstić information content (AvgIpc) is 3.71. The van der Waals surface area contributed by atoms with E-state index in [1.807, 2.05) is 6.07 Å². The first kappa shape index (κ1) is 31.6. The van der Waals surface area contributed by atoms with Crippen molar-refractivity contribution in [3.63, 3.8) is 0 Å². The Hall–Kier alpha value is -3.39. The Bertz CT molecular complexity index is 1970. The summed E-state index contributed by atoms with van der Waals surface area (Å²) in [5, 5.41) is 5.48. The summed E-state index contributed by atoms with van der Waals surface area (Å²) in [7, 11) is 10.7. The molecule has 0 saturated carbocycles. The van der Waals surface area contributed by atoms with Crippen LogP contribution in [0.3, 0.4) is 0 Å². The van der Waals surface area contributed by atoms with E-state index >= 15 is 0 Å². The molecule has 1 aliphatic heterocycles. The van der Waals surface area contributed by atoms with Crippen LogP contribution in [0.5, 0.6) is 0 Å². The molecule has 7 aromatic rings. The molecule has 7 aromatic carbocycles. The minimum absolute atomic E-state index is 0.795. The van der Waals surface area contributed by atoms with Gasteiger partial charge in [-0.15, -0.1) is 34.0 Å². The number of benzene rings is 6.